The van der Waals surface area contributed by atoms with Crippen molar-refractivity contribution in [2.24, 2.45) is 4.99 Å². The van der Waals surface area contributed by atoms with Gasteiger partial charge in [0.25, 0.3) is 0 Å². The molecule has 1 aliphatic rings. The van der Waals surface area contributed by atoms with Crippen molar-refractivity contribution in [1.82, 2.24) is 20.0 Å². The number of benzene rings is 1. The standard InChI is InChI=1S/C19H33N5.HI/c1-22(2)19(21-17-18-9-5-4-6-10-18)20-11-7-8-12-24-15-13-23(3)14-16-24;/h4-6,9-10H,7-8,11-17H2,1-3H3,(H,20,21);1H. The van der Waals surface area contributed by atoms with E-state index >= 15 is 0 Å². The van der Waals surface area contributed by atoms with Crippen molar-refractivity contribution in [2.75, 3.05) is 60.4 Å². The number of nitrogens with one attached hydrogen (secondary N) is 1. The van der Waals surface area contributed by atoms with Crippen LogP contribution < -0.4 is 5.32 Å². The fraction of sp³-hybridized carbons (Fsp3) is 0.632. The lowest BCUT2D eigenvalue weighted by Crippen LogP contribution is -2.44. The van der Waals surface area contributed by atoms with E-state index in [0.29, 0.717) is 0 Å². The highest BCUT2D eigenvalue weighted by atomic mass is 127. The van der Waals surface area contributed by atoms with Gasteiger partial charge < -0.3 is 20.0 Å². The minimum Gasteiger partial charge on any atom is -0.356 e. The van der Waals surface area contributed by atoms with Crippen LogP contribution in [0.15, 0.2) is 35.3 Å². The molecule has 0 unspecified atom stereocenters. The van der Waals surface area contributed by atoms with E-state index in [9.17, 15) is 0 Å². The molecule has 1 aliphatic heterocycles. The number of aliphatic imine (C=N–C) groups is 1. The first kappa shape index (κ1) is 22.2. The first-order chi connectivity index (χ1) is 11.6. The van der Waals surface area contributed by atoms with Crippen LogP contribution in [0, 0.1) is 0 Å². The summed E-state index contributed by atoms with van der Waals surface area (Å²) >= 11 is 0. The number of nitrogens with zero attached hydrogens (tertiary/aromatic N) is 4. The van der Waals surface area contributed by atoms with Crippen LogP contribution in [-0.2, 0) is 6.54 Å². The molecule has 1 saturated heterocycles. The Morgan fingerprint density at radius 3 is 2.40 bits per heavy atom. The fourth-order valence-corrected chi connectivity index (χ4v) is 2.84. The van der Waals surface area contributed by atoms with E-state index in [4.69, 9.17) is 4.99 Å². The van der Waals surface area contributed by atoms with Crippen molar-refractivity contribution < 1.29 is 0 Å². The molecule has 0 bridgehead atoms. The van der Waals surface area contributed by atoms with Crippen LogP contribution in [0.4, 0.5) is 0 Å². The zero-order valence-electron chi connectivity index (χ0n) is 15.9. The quantitative estimate of drug-likeness (QED) is 0.294. The molecule has 142 valence electrons. The number of hydrogen-bond donors (Lipinski definition) is 1. The molecule has 0 amide bonds. The molecule has 0 aromatic heterocycles. The van der Waals surface area contributed by atoms with Gasteiger partial charge in [0.1, 0.15) is 0 Å². The topological polar surface area (TPSA) is 34.1 Å². The van der Waals surface area contributed by atoms with Gasteiger partial charge in [0, 0.05) is 46.8 Å². The molecule has 0 spiro atoms. The second kappa shape index (κ2) is 12.5. The lowest BCUT2D eigenvalue weighted by molar-refractivity contribution is 0.152. The predicted octanol–water partition coefficient (Wildman–Crippen LogP) is 2.34. The van der Waals surface area contributed by atoms with E-state index in [-0.39, 0.29) is 24.0 Å². The first-order valence-corrected chi connectivity index (χ1v) is 9.05. The minimum absolute atomic E-state index is 0. The summed E-state index contributed by atoms with van der Waals surface area (Å²) in [7, 11) is 6.29. The molecule has 1 aromatic rings. The highest BCUT2D eigenvalue weighted by molar-refractivity contribution is 14.0. The summed E-state index contributed by atoms with van der Waals surface area (Å²) in [6, 6.07) is 10.4. The molecule has 0 aliphatic carbocycles. The number of rotatable bonds is 7. The normalized spacial score (nSPS) is 16.4. The molecular weight excluding hydrogens is 425 g/mol. The van der Waals surface area contributed by atoms with E-state index in [1.54, 1.807) is 0 Å². The molecule has 1 N–H and O–H groups in total. The molecule has 1 heterocycles. The average Bonchev–Trinajstić information content (AvgIpc) is 2.59. The van der Waals surface area contributed by atoms with Gasteiger partial charge in [-0.1, -0.05) is 30.3 Å². The number of guanidine groups is 1. The van der Waals surface area contributed by atoms with Crippen molar-refractivity contribution >= 4 is 29.9 Å². The molecule has 0 atom stereocenters. The lowest BCUT2D eigenvalue weighted by Gasteiger charge is -2.32. The molecule has 5 nitrogen and oxygen atoms in total. The minimum atomic E-state index is 0. The monoisotopic (exact) mass is 459 g/mol. The predicted molar refractivity (Wildman–Crippen MR) is 118 cm³/mol. The first-order valence-electron chi connectivity index (χ1n) is 9.05. The number of halogens is 1. The zero-order chi connectivity index (χ0) is 17.2. The third kappa shape index (κ3) is 8.87. The van der Waals surface area contributed by atoms with Crippen LogP contribution in [-0.4, -0.2) is 81.1 Å². The largest absolute Gasteiger partial charge is 0.356 e. The highest BCUT2D eigenvalue weighted by Crippen LogP contribution is 2.02. The summed E-state index contributed by atoms with van der Waals surface area (Å²) in [5.74, 6) is 0.971. The summed E-state index contributed by atoms with van der Waals surface area (Å²) in [6.45, 7) is 7.76. The average molecular weight is 459 g/mol. The van der Waals surface area contributed by atoms with Crippen LogP contribution >= 0.6 is 24.0 Å². The Balaban J connectivity index is 0.00000312. The van der Waals surface area contributed by atoms with Gasteiger partial charge in [-0.05, 0) is 32.0 Å². The molecular formula is C19H34IN5. The maximum absolute atomic E-state index is 4.70. The summed E-state index contributed by atoms with van der Waals surface area (Å²) in [5.41, 5.74) is 1.24. The van der Waals surface area contributed by atoms with Crippen LogP contribution in [0.3, 0.4) is 0 Å². The molecule has 1 fully saturated rings. The number of unbranched alkanes of at least 4 members (excludes halogenated alkanes) is 1. The van der Waals surface area contributed by atoms with Crippen molar-refractivity contribution in [1.29, 1.82) is 0 Å². The fourth-order valence-electron chi connectivity index (χ4n) is 2.84. The molecule has 1 aromatic carbocycles. The third-order valence-corrected chi connectivity index (χ3v) is 4.46. The van der Waals surface area contributed by atoms with Gasteiger partial charge in [-0.15, -0.1) is 24.0 Å². The Kier molecular flexibility index (Phi) is 11.1. The van der Waals surface area contributed by atoms with Gasteiger partial charge in [0.15, 0.2) is 5.96 Å². The number of piperazine rings is 1. The van der Waals surface area contributed by atoms with E-state index in [1.807, 2.05) is 20.2 Å². The number of likely N-dealkylation sites (N-methyl/N-ethyl adjacent to an activating group) is 1. The van der Waals surface area contributed by atoms with E-state index < -0.39 is 0 Å². The third-order valence-electron chi connectivity index (χ3n) is 4.46. The zero-order valence-corrected chi connectivity index (χ0v) is 18.3. The summed E-state index contributed by atoms with van der Waals surface area (Å²) in [4.78, 5) is 11.8. The second-order valence-corrected chi connectivity index (χ2v) is 6.80. The van der Waals surface area contributed by atoms with Crippen molar-refractivity contribution in [3.05, 3.63) is 35.9 Å². The smallest absolute Gasteiger partial charge is 0.193 e. The van der Waals surface area contributed by atoms with Gasteiger partial charge in [0.05, 0.1) is 6.54 Å². The molecule has 6 heteroatoms. The van der Waals surface area contributed by atoms with Gasteiger partial charge in [-0.3, -0.25) is 0 Å². The van der Waals surface area contributed by atoms with Crippen LogP contribution in [0.5, 0.6) is 0 Å². The second-order valence-electron chi connectivity index (χ2n) is 6.80. The SMILES string of the molecule is CN1CCN(CCCCNC(=NCc2ccccc2)N(C)C)CC1.I. The van der Waals surface area contributed by atoms with Gasteiger partial charge >= 0.3 is 0 Å². The Morgan fingerprint density at radius 2 is 1.76 bits per heavy atom. The van der Waals surface area contributed by atoms with Crippen LogP contribution in [0.1, 0.15) is 18.4 Å². The van der Waals surface area contributed by atoms with Gasteiger partial charge in [-0.2, -0.15) is 0 Å². The molecule has 0 saturated carbocycles. The lowest BCUT2D eigenvalue weighted by atomic mass is 10.2. The Morgan fingerprint density at radius 1 is 1.08 bits per heavy atom. The van der Waals surface area contributed by atoms with E-state index in [2.05, 4.69) is 51.3 Å². The summed E-state index contributed by atoms with van der Waals surface area (Å²) < 4.78 is 0. The molecule has 25 heavy (non-hydrogen) atoms. The van der Waals surface area contributed by atoms with Crippen LogP contribution in [0.2, 0.25) is 0 Å². The molecule has 2 rings (SSSR count). The van der Waals surface area contributed by atoms with E-state index in [0.717, 1.165) is 19.0 Å². The summed E-state index contributed by atoms with van der Waals surface area (Å²) in [5, 5.41) is 3.48. The van der Waals surface area contributed by atoms with Crippen molar-refractivity contribution in [2.45, 2.75) is 19.4 Å². The van der Waals surface area contributed by atoms with Crippen molar-refractivity contribution in [3.8, 4) is 0 Å². The van der Waals surface area contributed by atoms with Gasteiger partial charge in [-0.25, -0.2) is 4.99 Å². The summed E-state index contributed by atoms with van der Waals surface area (Å²) in [6.07, 6.45) is 2.43. The highest BCUT2D eigenvalue weighted by Gasteiger charge is 2.12. The van der Waals surface area contributed by atoms with Gasteiger partial charge in [0.2, 0.25) is 0 Å². The van der Waals surface area contributed by atoms with Crippen molar-refractivity contribution in [3.63, 3.8) is 0 Å². The Hall–Kier alpha value is -0.860. The van der Waals surface area contributed by atoms with E-state index in [1.165, 1.54) is 51.1 Å². The Labute approximate surface area is 170 Å². The maximum atomic E-state index is 4.70. The maximum Gasteiger partial charge on any atom is 0.193 e. The van der Waals surface area contributed by atoms with Crippen LogP contribution in [0.25, 0.3) is 0 Å². The number of hydrogen-bond acceptors (Lipinski definition) is 3. The molecule has 0 radical (unpaired) electrons. The Bertz CT molecular complexity index is 484.